The number of nitrogens with zero attached hydrogens (tertiary/aromatic N) is 7. The minimum atomic E-state index is -2.52. The molecule has 13 heteroatoms. The fourth-order valence-electron chi connectivity index (χ4n) is 4.92. The van der Waals surface area contributed by atoms with Gasteiger partial charge in [0.1, 0.15) is 23.0 Å². The van der Waals surface area contributed by atoms with Crippen LogP contribution < -0.4 is 10.6 Å². The summed E-state index contributed by atoms with van der Waals surface area (Å²) < 4.78 is 49.3. The standard InChI is InChI=1S/C23H26F3N9O/c1-12-28-17-4-3-16(29-22(17)34(12)9-19(25)26)14-5-6-35-20(14)21(27-2)31-23(32-35)30-18-8-33(7-15(18)24)13-10-36-11-13/h3-6,13,15,18-19H,7-11H2,1-2H3,(H2,27,30,31,32)/t15-,18+/m1/s1. The van der Waals surface area contributed by atoms with Crippen molar-refractivity contribution in [3.8, 4) is 11.3 Å². The van der Waals surface area contributed by atoms with Gasteiger partial charge in [-0.15, -0.1) is 5.10 Å². The third-order valence-electron chi connectivity index (χ3n) is 6.86. The predicted octanol–water partition coefficient (Wildman–Crippen LogP) is 2.59. The normalized spacial score (nSPS) is 21.1. The van der Waals surface area contributed by atoms with Crippen LogP contribution in [0.4, 0.5) is 24.9 Å². The molecule has 2 aliphatic heterocycles. The molecule has 2 N–H and O–H groups in total. The summed E-state index contributed by atoms with van der Waals surface area (Å²) in [6.45, 7) is 3.40. The van der Waals surface area contributed by atoms with Gasteiger partial charge >= 0.3 is 0 Å². The summed E-state index contributed by atoms with van der Waals surface area (Å²) in [6, 6.07) is 5.25. The third kappa shape index (κ3) is 3.91. The maximum atomic E-state index is 14.7. The first kappa shape index (κ1) is 23.0. The van der Waals surface area contributed by atoms with Crippen LogP contribution in [0.1, 0.15) is 5.82 Å². The summed E-state index contributed by atoms with van der Waals surface area (Å²) in [6.07, 6.45) is -1.79. The van der Waals surface area contributed by atoms with Crippen LogP contribution in [-0.2, 0) is 11.3 Å². The van der Waals surface area contributed by atoms with Gasteiger partial charge < -0.3 is 19.9 Å². The summed E-state index contributed by atoms with van der Waals surface area (Å²) >= 11 is 0. The maximum Gasteiger partial charge on any atom is 0.256 e. The summed E-state index contributed by atoms with van der Waals surface area (Å²) in [5.74, 6) is 1.32. The number of anilines is 2. The monoisotopic (exact) mass is 501 g/mol. The minimum absolute atomic E-state index is 0.268. The van der Waals surface area contributed by atoms with Crippen LogP contribution in [0.3, 0.4) is 0 Å². The van der Waals surface area contributed by atoms with Gasteiger partial charge in [-0.3, -0.25) is 4.90 Å². The van der Waals surface area contributed by atoms with E-state index in [9.17, 15) is 13.2 Å². The number of rotatable bonds is 7. The maximum absolute atomic E-state index is 14.7. The van der Waals surface area contributed by atoms with Gasteiger partial charge in [0.2, 0.25) is 5.95 Å². The smallest absolute Gasteiger partial charge is 0.256 e. The Kier molecular flexibility index (Phi) is 5.67. The molecule has 0 spiro atoms. The number of pyridine rings is 1. The Hall–Kier alpha value is -3.45. The molecule has 4 aromatic rings. The lowest BCUT2D eigenvalue weighted by atomic mass is 10.2. The SMILES string of the molecule is CNc1nc(N[C@H]2CN(C3COC3)C[C@H]2F)nn2ccc(-c3ccc4nc(C)n(CC(F)F)c4n3)c12. The Morgan fingerprint density at radius 1 is 1.14 bits per heavy atom. The van der Waals surface area contributed by atoms with Gasteiger partial charge in [-0.05, 0) is 25.1 Å². The Morgan fingerprint density at radius 3 is 2.69 bits per heavy atom. The van der Waals surface area contributed by atoms with E-state index in [1.807, 2.05) is 6.07 Å². The van der Waals surface area contributed by atoms with E-state index in [0.717, 1.165) is 5.56 Å². The number of hydrogen-bond acceptors (Lipinski definition) is 8. The molecular formula is C23H26F3N9O. The van der Waals surface area contributed by atoms with E-state index in [1.54, 1.807) is 36.8 Å². The molecule has 0 saturated carbocycles. The molecule has 0 unspecified atom stereocenters. The van der Waals surface area contributed by atoms with Gasteiger partial charge in [-0.2, -0.15) is 4.98 Å². The fourth-order valence-corrected chi connectivity index (χ4v) is 4.92. The van der Waals surface area contributed by atoms with Crippen molar-refractivity contribution in [2.75, 3.05) is 44.0 Å². The summed E-state index contributed by atoms with van der Waals surface area (Å²) in [5, 5.41) is 10.8. The molecule has 0 radical (unpaired) electrons. The Labute approximate surface area is 204 Å². The van der Waals surface area contributed by atoms with Gasteiger partial charge in [-0.25, -0.2) is 27.7 Å². The topological polar surface area (TPSA) is 97.4 Å². The summed E-state index contributed by atoms with van der Waals surface area (Å²) in [4.78, 5) is 15.7. The molecule has 0 aromatic carbocycles. The number of fused-ring (bicyclic) bond motifs is 2. The molecular weight excluding hydrogens is 475 g/mol. The van der Waals surface area contributed by atoms with Crippen molar-refractivity contribution in [3.63, 3.8) is 0 Å². The summed E-state index contributed by atoms with van der Waals surface area (Å²) in [5.41, 5.74) is 2.93. The first-order valence-electron chi connectivity index (χ1n) is 11.8. The molecule has 0 amide bonds. The molecule has 0 bridgehead atoms. The lowest BCUT2D eigenvalue weighted by Gasteiger charge is -2.34. The number of aromatic nitrogens is 6. The molecule has 6 heterocycles. The minimum Gasteiger partial charge on any atom is -0.378 e. The lowest BCUT2D eigenvalue weighted by molar-refractivity contribution is -0.0585. The fraction of sp³-hybridized carbons (Fsp3) is 0.478. The average Bonchev–Trinajstić information content (AvgIpc) is 3.47. The zero-order valence-corrected chi connectivity index (χ0v) is 19.8. The second-order valence-corrected chi connectivity index (χ2v) is 9.17. The zero-order chi connectivity index (χ0) is 25.0. The van der Waals surface area contributed by atoms with Crippen LogP contribution in [0.2, 0.25) is 0 Å². The molecule has 4 aromatic heterocycles. The van der Waals surface area contributed by atoms with E-state index in [1.165, 1.54) is 4.57 Å². The predicted molar refractivity (Wildman–Crippen MR) is 128 cm³/mol. The number of alkyl halides is 3. The zero-order valence-electron chi connectivity index (χ0n) is 19.8. The van der Waals surface area contributed by atoms with E-state index in [4.69, 9.17) is 4.74 Å². The van der Waals surface area contributed by atoms with E-state index in [-0.39, 0.29) is 6.04 Å². The molecule has 190 valence electrons. The van der Waals surface area contributed by atoms with E-state index in [0.29, 0.717) is 66.3 Å². The van der Waals surface area contributed by atoms with Crippen molar-refractivity contribution in [2.45, 2.75) is 38.1 Å². The van der Waals surface area contributed by atoms with Crippen LogP contribution in [-0.4, -0.2) is 92.1 Å². The van der Waals surface area contributed by atoms with Crippen LogP contribution in [0.5, 0.6) is 0 Å². The first-order valence-corrected chi connectivity index (χ1v) is 11.8. The van der Waals surface area contributed by atoms with Crippen LogP contribution >= 0.6 is 0 Å². The number of nitrogens with one attached hydrogen (secondary N) is 2. The van der Waals surface area contributed by atoms with E-state index >= 15 is 0 Å². The van der Waals surface area contributed by atoms with E-state index in [2.05, 4.69) is 35.6 Å². The number of imidazole rings is 1. The van der Waals surface area contributed by atoms with Crippen molar-refractivity contribution in [3.05, 3.63) is 30.2 Å². The Balaban J connectivity index is 1.33. The number of likely N-dealkylation sites (tertiary alicyclic amines) is 1. The second kappa shape index (κ2) is 8.89. The third-order valence-corrected chi connectivity index (χ3v) is 6.86. The second-order valence-electron chi connectivity index (χ2n) is 9.17. The average molecular weight is 502 g/mol. The molecule has 2 aliphatic rings. The van der Waals surface area contributed by atoms with Gasteiger partial charge in [0.15, 0.2) is 11.5 Å². The summed E-state index contributed by atoms with van der Waals surface area (Å²) in [7, 11) is 1.74. The molecule has 2 atom stereocenters. The molecule has 6 rings (SSSR count). The molecule has 0 aliphatic carbocycles. The molecule has 2 fully saturated rings. The molecule has 36 heavy (non-hydrogen) atoms. The van der Waals surface area contributed by atoms with Crippen molar-refractivity contribution < 1.29 is 17.9 Å². The van der Waals surface area contributed by atoms with Crippen LogP contribution in [0, 0.1) is 6.92 Å². The highest BCUT2D eigenvalue weighted by Crippen LogP contribution is 2.31. The molecule has 10 nitrogen and oxygen atoms in total. The molecule has 2 saturated heterocycles. The van der Waals surface area contributed by atoms with E-state index < -0.39 is 25.2 Å². The highest BCUT2D eigenvalue weighted by molar-refractivity contribution is 5.89. The van der Waals surface area contributed by atoms with Crippen LogP contribution in [0.15, 0.2) is 24.4 Å². The quantitative estimate of drug-likeness (QED) is 0.399. The van der Waals surface area contributed by atoms with Crippen molar-refractivity contribution in [2.24, 2.45) is 0 Å². The Morgan fingerprint density at radius 2 is 1.97 bits per heavy atom. The van der Waals surface area contributed by atoms with Gasteiger partial charge in [0, 0.05) is 31.9 Å². The van der Waals surface area contributed by atoms with Crippen molar-refractivity contribution in [1.82, 2.24) is 34.0 Å². The number of ether oxygens (including phenoxy) is 1. The van der Waals surface area contributed by atoms with Crippen LogP contribution in [0.25, 0.3) is 27.9 Å². The van der Waals surface area contributed by atoms with Crippen molar-refractivity contribution >= 4 is 28.4 Å². The lowest BCUT2D eigenvalue weighted by Crippen LogP contribution is -2.48. The van der Waals surface area contributed by atoms with Gasteiger partial charge in [0.05, 0.1) is 37.5 Å². The largest absolute Gasteiger partial charge is 0.378 e. The number of aryl methyl sites for hydroxylation is 1. The number of halogens is 3. The number of hydrogen-bond donors (Lipinski definition) is 2. The highest BCUT2D eigenvalue weighted by Gasteiger charge is 2.39. The first-order chi connectivity index (χ1) is 17.4. The van der Waals surface area contributed by atoms with Crippen molar-refractivity contribution in [1.29, 1.82) is 0 Å². The highest BCUT2D eigenvalue weighted by atomic mass is 19.3. The van der Waals surface area contributed by atoms with Gasteiger partial charge in [-0.1, -0.05) is 0 Å². The van der Waals surface area contributed by atoms with Gasteiger partial charge in [0.25, 0.3) is 6.43 Å². The Bertz CT molecular complexity index is 1420.